The minimum absolute atomic E-state index is 0.105. The number of imide groups is 2. The van der Waals surface area contributed by atoms with E-state index >= 15 is 4.79 Å². The summed E-state index contributed by atoms with van der Waals surface area (Å²) in [7, 11) is 0. The van der Waals surface area contributed by atoms with Gasteiger partial charge in [0.2, 0.25) is 11.8 Å². The number of aryl methyl sites for hydroxylation is 1. The van der Waals surface area contributed by atoms with Gasteiger partial charge in [-0.15, -0.1) is 0 Å². The molecule has 2 N–H and O–H groups in total. The van der Waals surface area contributed by atoms with Crippen molar-refractivity contribution in [1.82, 2.24) is 5.01 Å². The van der Waals surface area contributed by atoms with Gasteiger partial charge in [-0.1, -0.05) is 106 Å². The largest absolute Gasteiger partial charge is 0.507 e. The van der Waals surface area contributed by atoms with E-state index in [1.807, 2.05) is 91.9 Å². The van der Waals surface area contributed by atoms with Gasteiger partial charge >= 0.3 is 0 Å². The summed E-state index contributed by atoms with van der Waals surface area (Å²) in [6.45, 7) is 1.97. The molecule has 9 rings (SSSR count). The first-order valence-corrected chi connectivity index (χ1v) is 18.3. The van der Waals surface area contributed by atoms with E-state index < -0.39 is 35.0 Å². The molecule has 0 spiro atoms. The first kappa shape index (κ1) is 32.4. The number of nitrogens with zero attached hydrogens (tertiary/aromatic N) is 2. The van der Waals surface area contributed by atoms with E-state index in [2.05, 4.69) is 27.4 Å². The minimum atomic E-state index is -1.40. The summed E-state index contributed by atoms with van der Waals surface area (Å²) < 4.78 is 0.832. The van der Waals surface area contributed by atoms with Crippen LogP contribution in [0, 0.1) is 30.6 Å². The molecule has 2 aliphatic heterocycles. The number of carbonyl (C=O) groups excluding carboxylic acids is 4. The molecular formula is C43H34BrN3O5. The molecule has 1 saturated carbocycles. The molecule has 9 heteroatoms. The third-order valence-corrected chi connectivity index (χ3v) is 12.3. The number of hydrogen-bond donors (Lipinski definition) is 2. The second-order valence-electron chi connectivity index (χ2n) is 14.3. The first-order valence-electron chi connectivity index (χ1n) is 17.5. The van der Waals surface area contributed by atoms with Gasteiger partial charge in [0.1, 0.15) is 5.75 Å². The summed E-state index contributed by atoms with van der Waals surface area (Å²) in [5.41, 5.74) is 6.23. The Morgan fingerprint density at radius 2 is 1.44 bits per heavy atom. The number of phenols is 1. The molecule has 0 aromatic heterocycles. The highest BCUT2D eigenvalue weighted by molar-refractivity contribution is 9.10. The van der Waals surface area contributed by atoms with Crippen LogP contribution in [0.3, 0.4) is 0 Å². The molecule has 0 bridgehead atoms. The summed E-state index contributed by atoms with van der Waals surface area (Å²) in [5.74, 6) is -4.58. The van der Waals surface area contributed by atoms with Crippen molar-refractivity contribution >= 4 is 61.7 Å². The number of nitrogens with one attached hydrogen (secondary N) is 1. The highest BCUT2D eigenvalue weighted by Crippen LogP contribution is 2.65. The number of hydrazine groups is 1. The van der Waals surface area contributed by atoms with E-state index in [1.54, 1.807) is 30.3 Å². The average molecular weight is 753 g/mol. The molecule has 4 amide bonds. The summed E-state index contributed by atoms with van der Waals surface area (Å²) in [5, 5.41) is 13.6. The van der Waals surface area contributed by atoms with E-state index in [0.29, 0.717) is 28.7 Å². The number of allylic oxidation sites excluding steroid dienone is 2. The Balaban J connectivity index is 1.27. The molecule has 52 heavy (non-hydrogen) atoms. The number of benzene rings is 5. The molecule has 258 valence electrons. The van der Waals surface area contributed by atoms with Crippen molar-refractivity contribution in [3.05, 3.63) is 148 Å². The molecular weight excluding hydrogens is 718 g/mol. The smallest absolute Gasteiger partial charge is 0.260 e. The lowest BCUT2D eigenvalue weighted by molar-refractivity contribution is -0.138. The first-order chi connectivity index (χ1) is 25.2. The zero-order valence-electron chi connectivity index (χ0n) is 28.2. The van der Waals surface area contributed by atoms with Crippen LogP contribution in [0.4, 0.5) is 11.4 Å². The van der Waals surface area contributed by atoms with Crippen LogP contribution in [-0.2, 0) is 24.6 Å². The Kier molecular flexibility index (Phi) is 7.48. The van der Waals surface area contributed by atoms with E-state index in [-0.39, 0.29) is 35.8 Å². The molecule has 8 nitrogen and oxygen atoms in total. The molecule has 5 aromatic rings. The SMILES string of the molecule is Cc1ccc(NN2C(=O)C3CC4C(=CCC5C(=O)N(c6ccc(Br)cc6)C(=O)C54)C(c4ccc(O)c5ccccc45)C3(c3ccccc3)C2=O)cc1. The summed E-state index contributed by atoms with van der Waals surface area (Å²) in [6.07, 6.45) is 2.59. The van der Waals surface area contributed by atoms with Gasteiger partial charge in [0.05, 0.1) is 34.5 Å². The Labute approximate surface area is 308 Å². The molecule has 0 radical (unpaired) electrons. The number of fused-ring (bicyclic) bond motifs is 5. The van der Waals surface area contributed by atoms with Gasteiger partial charge in [0, 0.05) is 15.8 Å². The zero-order chi connectivity index (χ0) is 35.9. The van der Waals surface area contributed by atoms with Gasteiger partial charge in [-0.2, -0.15) is 5.01 Å². The van der Waals surface area contributed by atoms with E-state index in [4.69, 9.17) is 0 Å². The number of halogens is 1. The monoisotopic (exact) mass is 751 g/mol. The Morgan fingerprint density at radius 3 is 2.17 bits per heavy atom. The molecule has 3 fully saturated rings. The van der Waals surface area contributed by atoms with Gasteiger partial charge in [-0.3, -0.25) is 29.5 Å². The maximum atomic E-state index is 15.4. The van der Waals surface area contributed by atoms with E-state index in [0.717, 1.165) is 26.6 Å². The molecule has 6 unspecified atom stereocenters. The van der Waals surface area contributed by atoms with Crippen LogP contribution in [0.25, 0.3) is 10.8 Å². The number of phenolic OH excluding ortho intramolecular Hbond substituents is 1. The topological polar surface area (TPSA) is 107 Å². The standard InChI is InChI=1S/C43H34BrN3O5/c1-24-11-15-27(16-12-24)45-47-40(50)35-23-34-32(19-20-33-37(34)41(51)46(39(33)49)28-17-13-26(44)14-18-28)38(43(35,42(47)52)25-7-3-2-4-8-25)31-21-22-36(48)30-10-6-5-9-29(30)31/h2-19,21-22,33-35,37-38,45,48H,20,23H2,1H3. The van der Waals surface area contributed by atoms with Crippen LogP contribution in [0.2, 0.25) is 0 Å². The Bertz CT molecular complexity index is 2340. The maximum Gasteiger partial charge on any atom is 0.260 e. The lowest BCUT2D eigenvalue weighted by Gasteiger charge is -2.51. The van der Waals surface area contributed by atoms with Gasteiger partial charge in [-0.05, 0) is 84.7 Å². The molecule has 2 aliphatic carbocycles. The Morgan fingerprint density at radius 1 is 0.750 bits per heavy atom. The Hall–Kier alpha value is -5.54. The number of anilines is 2. The predicted octanol–water partition coefficient (Wildman–Crippen LogP) is 7.81. The van der Waals surface area contributed by atoms with Gasteiger partial charge in [0.15, 0.2) is 0 Å². The molecule has 5 aromatic carbocycles. The summed E-state index contributed by atoms with van der Waals surface area (Å²) >= 11 is 3.45. The second-order valence-corrected chi connectivity index (χ2v) is 15.2. The van der Waals surface area contributed by atoms with Crippen molar-refractivity contribution in [1.29, 1.82) is 0 Å². The normalized spacial score (nSPS) is 26.7. The molecule has 2 heterocycles. The van der Waals surface area contributed by atoms with Crippen LogP contribution in [0.15, 0.2) is 131 Å². The fourth-order valence-electron chi connectivity index (χ4n) is 9.49. The highest BCUT2D eigenvalue weighted by Gasteiger charge is 2.70. The minimum Gasteiger partial charge on any atom is -0.507 e. The van der Waals surface area contributed by atoms with Crippen molar-refractivity contribution in [2.75, 3.05) is 10.3 Å². The number of amides is 4. The fraction of sp³-hybridized carbons (Fsp3) is 0.209. The third kappa shape index (κ3) is 4.58. The summed E-state index contributed by atoms with van der Waals surface area (Å²) in [4.78, 5) is 60.3. The average Bonchev–Trinajstić information content (AvgIpc) is 3.54. The second kappa shape index (κ2) is 12.0. The predicted molar refractivity (Wildman–Crippen MR) is 201 cm³/mol. The van der Waals surface area contributed by atoms with Crippen molar-refractivity contribution in [3.8, 4) is 5.75 Å². The third-order valence-electron chi connectivity index (χ3n) is 11.7. The van der Waals surface area contributed by atoms with Crippen LogP contribution in [0.5, 0.6) is 5.75 Å². The number of aromatic hydroxyl groups is 1. The van der Waals surface area contributed by atoms with Crippen molar-refractivity contribution in [2.24, 2.45) is 23.7 Å². The van der Waals surface area contributed by atoms with Crippen LogP contribution < -0.4 is 10.3 Å². The van der Waals surface area contributed by atoms with E-state index in [9.17, 15) is 19.5 Å². The number of hydrogen-bond acceptors (Lipinski definition) is 6. The van der Waals surface area contributed by atoms with E-state index in [1.165, 1.54) is 9.91 Å². The van der Waals surface area contributed by atoms with Gasteiger partial charge in [0.25, 0.3) is 11.8 Å². The van der Waals surface area contributed by atoms with Crippen LogP contribution >= 0.6 is 15.9 Å². The molecule has 2 saturated heterocycles. The lowest BCUT2D eigenvalue weighted by atomic mass is 9.49. The zero-order valence-corrected chi connectivity index (χ0v) is 29.8. The highest BCUT2D eigenvalue weighted by atomic mass is 79.9. The van der Waals surface area contributed by atoms with Crippen molar-refractivity contribution in [3.63, 3.8) is 0 Å². The molecule has 6 atom stereocenters. The number of carbonyl (C=O) groups is 4. The van der Waals surface area contributed by atoms with Gasteiger partial charge < -0.3 is 5.11 Å². The molecule has 4 aliphatic rings. The van der Waals surface area contributed by atoms with Crippen LogP contribution in [0.1, 0.15) is 35.4 Å². The van der Waals surface area contributed by atoms with Crippen molar-refractivity contribution in [2.45, 2.75) is 31.1 Å². The quantitative estimate of drug-likeness (QED) is 0.140. The maximum absolute atomic E-state index is 15.4. The number of rotatable bonds is 5. The fourth-order valence-corrected chi connectivity index (χ4v) is 9.76. The van der Waals surface area contributed by atoms with Gasteiger partial charge in [-0.25, -0.2) is 0 Å². The summed E-state index contributed by atoms with van der Waals surface area (Å²) in [6, 6.07) is 35.1. The van der Waals surface area contributed by atoms with Crippen LogP contribution in [-0.4, -0.2) is 33.7 Å². The lowest BCUT2D eigenvalue weighted by Crippen LogP contribution is -2.53. The van der Waals surface area contributed by atoms with Crippen molar-refractivity contribution < 1.29 is 24.3 Å².